The van der Waals surface area contributed by atoms with E-state index in [2.05, 4.69) is 43.2 Å². The molecule has 1 saturated carbocycles. The monoisotopic (exact) mass is 591 g/mol. The minimum atomic E-state index is -0.835. The van der Waals surface area contributed by atoms with Crippen LogP contribution < -0.4 is 20.9 Å². The Hall–Kier alpha value is -4.21. The quantitative estimate of drug-likeness (QED) is 0.295. The van der Waals surface area contributed by atoms with E-state index in [-0.39, 0.29) is 36.7 Å². The van der Waals surface area contributed by atoms with Gasteiger partial charge in [0.05, 0.1) is 66.1 Å². The van der Waals surface area contributed by atoms with E-state index in [4.69, 9.17) is 16.3 Å². The van der Waals surface area contributed by atoms with Crippen LogP contribution in [0.25, 0.3) is 5.65 Å². The molecule has 3 fully saturated rings. The molecule has 14 nitrogen and oxygen atoms in total. The van der Waals surface area contributed by atoms with Crippen LogP contribution in [0, 0.1) is 22.7 Å². The third-order valence-corrected chi connectivity index (χ3v) is 7.96. The molecule has 2 aromatic heterocycles. The smallest absolute Gasteiger partial charge is 0.247 e. The highest BCUT2D eigenvalue weighted by Crippen LogP contribution is 2.37. The van der Waals surface area contributed by atoms with Gasteiger partial charge in [-0.05, 0) is 31.4 Å². The number of carbonyl (C=O) groups excluding carboxylic acids is 1. The number of anilines is 4. The molecule has 3 aliphatic rings. The number of nitriles is 2. The maximum atomic E-state index is 12.6. The van der Waals surface area contributed by atoms with Crippen molar-refractivity contribution in [2.45, 2.75) is 37.5 Å². The molecule has 1 aromatic carbocycles. The molecule has 1 amide bonds. The fourth-order valence-corrected chi connectivity index (χ4v) is 5.45. The Labute approximate surface area is 246 Å². The summed E-state index contributed by atoms with van der Waals surface area (Å²) >= 11 is 6.86. The van der Waals surface area contributed by atoms with Gasteiger partial charge < -0.3 is 30.7 Å². The average molecular weight is 592 g/mol. The van der Waals surface area contributed by atoms with Crippen LogP contribution >= 0.6 is 11.6 Å². The Balaban J connectivity index is 1.20. The highest BCUT2D eigenvalue weighted by molar-refractivity contribution is 6.36. The predicted molar refractivity (Wildman–Crippen MR) is 154 cm³/mol. The van der Waals surface area contributed by atoms with E-state index >= 15 is 0 Å². The Kier molecular flexibility index (Phi) is 7.95. The molecule has 6 rings (SSSR count). The number of nitrogens with zero attached hydrogens (tertiary/aromatic N) is 8. The number of benzene rings is 1. The van der Waals surface area contributed by atoms with Crippen molar-refractivity contribution in [2.75, 3.05) is 61.5 Å². The van der Waals surface area contributed by atoms with Gasteiger partial charge in [-0.15, -0.1) is 5.10 Å². The summed E-state index contributed by atoms with van der Waals surface area (Å²) in [5.41, 5.74) is 2.01. The predicted octanol–water partition coefficient (Wildman–Crippen LogP) is 1.23. The molecule has 2 saturated heterocycles. The molecule has 3 aromatic rings. The zero-order valence-electron chi connectivity index (χ0n) is 22.8. The van der Waals surface area contributed by atoms with Gasteiger partial charge in [-0.25, -0.2) is 4.98 Å². The fourth-order valence-electron chi connectivity index (χ4n) is 5.18. The van der Waals surface area contributed by atoms with Gasteiger partial charge in [0.25, 0.3) is 0 Å². The number of rotatable bonds is 8. The van der Waals surface area contributed by atoms with Crippen molar-refractivity contribution < 1.29 is 14.6 Å². The van der Waals surface area contributed by atoms with Gasteiger partial charge >= 0.3 is 0 Å². The molecular formula is C27H30ClN11O3. The van der Waals surface area contributed by atoms with Crippen LogP contribution in [0.3, 0.4) is 0 Å². The van der Waals surface area contributed by atoms with Gasteiger partial charge in [0.1, 0.15) is 6.07 Å². The van der Waals surface area contributed by atoms with Crippen LogP contribution in [0.1, 0.15) is 30.5 Å². The second-order valence-corrected chi connectivity index (χ2v) is 11.0. The van der Waals surface area contributed by atoms with E-state index in [9.17, 15) is 20.4 Å². The molecule has 0 spiro atoms. The maximum Gasteiger partial charge on any atom is 0.247 e. The minimum absolute atomic E-state index is 0.129. The normalized spacial score (nSPS) is 21.0. The third-order valence-electron chi connectivity index (χ3n) is 7.56. The van der Waals surface area contributed by atoms with Crippen molar-refractivity contribution in [1.29, 1.82) is 10.5 Å². The highest BCUT2D eigenvalue weighted by atomic mass is 35.5. The Morgan fingerprint density at radius 3 is 2.69 bits per heavy atom. The first-order chi connectivity index (χ1) is 20.4. The van der Waals surface area contributed by atoms with Gasteiger partial charge in [0, 0.05) is 32.2 Å². The number of ether oxygens (including phenoxy) is 1. The summed E-state index contributed by atoms with van der Waals surface area (Å²) in [6.45, 7) is 3.62. The summed E-state index contributed by atoms with van der Waals surface area (Å²) in [5.74, 6) is 0.533. The molecule has 42 heavy (non-hydrogen) atoms. The number of hydrogen-bond donors (Lipinski definition) is 4. The van der Waals surface area contributed by atoms with Crippen molar-refractivity contribution in [3.63, 3.8) is 0 Å². The summed E-state index contributed by atoms with van der Waals surface area (Å²) in [4.78, 5) is 25.4. The first-order valence-electron chi connectivity index (χ1n) is 13.9. The molecule has 0 radical (unpaired) electrons. The van der Waals surface area contributed by atoms with E-state index in [1.54, 1.807) is 12.1 Å². The van der Waals surface area contributed by atoms with Crippen molar-refractivity contribution >= 4 is 46.3 Å². The van der Waals surface area contributed by atoms with Gasteiger partial charge in [-0.3, -0.25) is 9.69 Å². The lowest BCUT2D eigenvalue weighted by Gasteiger charge is -2.38. The van der Waals surface area contributed by atoms with Crippen LogP contribution in [0.5, 0.6) is 0 Å². The Bertz CT molecular complexity index is 1570. The fraction of sp³-hybridized carbons (Fsp3) is 0.481. The minimum Gasteiger partial charge on any atom is -0.389 e. The number of imidazole rings is 1. The number of nitrogens with one attached hydrogen (secondary N) is 3. The lowest BCUT2D eigenvalue weighted by Crippen LogP contribution is -2.56. The van der Waals surface area contributed by atoms with Crippen LogP contribution in [-0.4, -0.2) is 99.6 Å². The van der Waals surface area contributed by atoms with Gasteiger partial charge in [-0.2, -0.15) is 20.0 Å². The Morgan fingerprint density at radius 2 is 1.98 bits per heavy atom. The SMILES string of the molecule is N#Cc1cc(Nc2nc(NC3CC3)c3ncc(C#N)n3n2)c(Cl)c(N2CCC(NC(=O)CN3CCOCC3)C(O)C2)c1. The zero-order valence-corrected chi connectivity index (χ0v) is 23.5. The third kappa shape index (κ3) is 6.03. The largest absolute Gasteiger partial charge is 0.389 e. The molecule has 2 aliphatic heterocycles. The number of piperidine rings is 1. The molecule has 15 heteroatoms. The molecular weight excluding hydrogens is 562 g/mol. The number of aliphatic hydroxyl groups excluding tert-OH is 1. The number of hydrogen-bond acceptors (Lipinski definition) is 12. The van der Waals surface area contributed by atoms with Crippen LogP contribution in [0.15, 0.2) is 18.3 Å². The molecule has 4 N–H and O–H groups in total. The summed E-state index contributed by atoms with van der Waals surface area (Å²) in [6.07, 6.45) is 3.14. The van der Waals surface area contributed by atoms with E-state index in [0.717, 1.165) is 12.8 Å². The standard InChI is InChI=1S/C27H30ClN11O3/c28-24-20(34-27-35-25(32-17-1-2-17)26-31-13-18(12-30)39(26)36-27)9-16(11-29)10-21(24)38-4-3-19(22(40)14-38)33-23(41)15-37-5-7-42-8-6-37/h9-10,13,17,19,22,40H,1-8,14-15H2,(H,33,41)(H2,32,34,35,36). The lowest BCUT2D eigenvalue weighted by atomic mass is 10.0. The maximum absolute atomic E-state index is 12.6. The van der Waals surface area contributed by atoms with Crippen molar-refractivity contribution in [2.24, 2.45) is 0 Å². The van der Waals surface area contributed by atoms with Crippen molar-refractivity contribution in [3.8, 4) is 12.1 Å². The number of aromatic nitrogens is 4. The van der Waals surface area contributed by atoms with Gasteiger partial charge in [0.15, 0.2) is 17.2 Å². The van der Waals surface area contributed by atoms with E-state index < -0.39 is 12.1 Å². The zero-order chi connectivity index (χ0) is 29.2. The van der Waals surface area contributed by atoms with Crippen LogP contribution in [-0.2, 0) is 9.53 Å². The molecule has 0 bridgehead atoms. The number of aliphatic hydroxyl groups is 1. The number of β-amino-alcohol motifs (C(OH)–C–C–N with tert-alkyl or cyclic N) is 1. The van der Waals surface area contributed by atoms with Crippen molar-refractivity contribution in [1.82, 2.24) is 29.8 Å². The first-order valence-corrected chi connectivity index (χ1v) is 14.2. The summed E-state index contributed by atoms with van der Waals surface area (Å²) in [6, 6.07) is 7.41. The van der Waals surface area contributed by atoms with Crippen LogP contribution in [0.4, 0.5) is 23.1 Å². The number of fused-ring (bicyclic) bond motifs is 1. The second-order valence-electron chi connectivity index (χ2n) is 10.7. The first kappa shape index (κ1) is 27.9. The second kappa shape index (κ2) is 12.0. The molecule has 2 unspecified atom stereocenters. The molecule has 2 atom stereocenters. The van der Waals surface area contributed by atoms with E-state index in [0.29, 0.717) is 72.7 Å². The number of morpholine rings is 1. The van der Waals surface area contributed by atoms with Gasteiger partial charge in [0.2, 0.25) is 11.9 Å². The highest BCUT2D eigenvalue weighted by Gasteiger charge is 2.31. The summed E-state index contributed by atoms with van der Waals surface area (Å²) in [7, 11) is 0. The number of halogens is 1. The summed E-state index contributed by atoms with van der Waals surface area (Å²) < 4.78 is 6.75. The van der Waals surface area contributed by atoms with Crippen molar-refractivity contribution in [3.05, 3.63) is 34.6 Å². The lowest BCUT2D eigenvalue weighted by molar-refractivity contribution is -0.125. The van der Waals surface area contributed by atoms with Gasteiger partial charge in [-0.1, -0.05) is 11.6 Å². The number of amides is 1. The average Bonchev–Trinajstić information content (AvgIpc) is 3.71. The topological polar surface area (TPSA) is 180 Å². The molecule has 1 aliphatic carbocycles. The number of carbonyl (C=O) groups is 1. The molecule has 4 heterocycles. The van der Waals surface area contributed by atoms with E-state index in [1.807, 2.05) is 9.80 Å². The van der Waals surface area contributed by atoms with Crippen LogP contribution in [0.2, 0.25) is 5.02 Å². The summed E-state index contributed by atoms with van der Waals surface area (Å²) in [5, 5.41) is 44.4. The van der Waals surface area contributed by atoms with E-state index in [1.165, 1.54) is 10.7 Å². The molecule has 218 valence electrons. The Morgan fingerprint density at radius 1 is 1.17 bits per heavy atom.